The molecule has 0 aliphatic rings. The molecule has 0 aliphatic carbocycles. The Hall–Kier alpha value is -2.18. The predicted molar refractivity (Wildman–Crippen MR) is 70.9 cm³/mol. The molecule has 1 aromatic carbocycles. The average Bonchev–Trinajstić information content (AvgIpc) is 2.34. The zero-order valence-corrected chi connectivity index (χ0v) is 11.5. The average molecular weight is 266 g/mol. The Kier molecular flexibility index (Phi) is 4.80. The second-order valence-corrected chi connectivity index (χ2v) is 4.71. The molecular weight excluding hydrogens is 248 g/mol. The lowest BCUT2D eigenvalue weighted by Crippen LogP contribution is -2.33. The van der Waals surface area contributed by atoms with E-state index in [2.05, 4.69) is 5.22 Å². The molecule has 7 nitrogen and oxygen atoms in total. The van der Waals surface area contributed by atoms with Gasteiger partial charge in [-0.2, -0.15) is 5.01 Å². The van der Waals surface area contributed by atoms with Crippen LogP contribution in [-0.2, 0) is 0 Å². The Morgan fingerprint density at radius 1 is 1.11 bits per heavy atom. The fourth-order valence-corrected chi connectivity index (χ4v) is 1.67. The van der Waals surface area contributed by atoms with Gasteiger partial charge in [0.2, 0.25) is 0 Å². The van der Waals surface area contributed by atoms with Crippen molar-refractivity contribution >= 4 is 11.4 Å². The lowest BCUT2D eigenvalue weighted by Gasteiger charge is -2.20. The van der Waals surface area contributed by atoms with Crippen LogP contribution in [0.25, 0.3) is 0 Å². The first-order valence-electron chi connectivity index (χ1n) is 6.04. The van der Waals surface area contributed by atoms with Crippen LogP contribution in [0.15, 0.2) is 29.5 Å². The van der Waals surface area contributed by atoms with Gasteiger partial charge in [-0.1, -0.05) is 6.07 Å². The van der Waals surface area contributed by atoms with E-state index in [4.69, 9.17) is 0 Å². The van der Waals surface area contributed by atoms with Gasteiger partial charge in [-0.15, -0.1) is 4.86 Å². The smallest absolute Gasteiger partial charge is 0.273 e. The lowest BCUT2D eigenvalue weighted by molar-refractivity contribution is -0.465. The first-order valence-corrected chi connectivity index (χ1v) is 6.04. The maximum absolute atomic E-state index is 11.9. The zero-order valence-electron chi connectivity index (χ0n) is 11.5. The van der Waals surface area contributed by atoms with E-state index >= 15 is 0 Å². The van der Waals surface area contributed by atoms with Crippen molar-refractivity contribution in [3.8, 4) is 0 Å². The van der Waals surface area contributed by atoms with Gasteiger partial charge in [0.1, 0.15) is 12.1 Å². The molecule has 0 heterocycles. The third kappa shape index (κ3) is 3.90. The van der Waals surface area contributed by atoms with E-state index in [1.54, 1.807) is 5.01 Å². The molecule has 1 aromatic rings. The molecule has 0 unspecified atom stereocenters. The fraction of sp³-hybridized carbons (Fsp3) is 0.500. The van der Waals surface area contributed by atoms with E-state index in [9.17, 15) is 15.3 Å². The van der Waals surface area contributed by atoms with E-state index in [-0.39, 0.29) is 23.5 Å². The summed E-state index contributed by atoms with van der Waals surface area (Å²) in [5.74, 6) is 0. The van der Waals surface area contributed by atoms with Crippen molar-refractivity contribution in [1.29, 1.82) is 0 Å². The summed E-state index contributed by atoms with van der Waals surface area (Å²) < 4.78 is 0. The van der Waals surface area contributed by atoms with Crippen molar-refractivity contribution in [2.24, 2.45) is 5.22 Å². The molecule has 0 aliphatic heterocycles. The molecule has 1 rings (SSSR count). The van der Waals surface area contributed by atoms with E-state index < -0.39 is 4.92 Å². The molecule has 0 atom stereocenters. The van der Waals surface area contributed by atoms with Crippen molar-refractivity contribution in [1.82, 2.24) is 5.01 Å². The number of benzene rings is 1. The van der Waals surface area contributed by atoms with Crippen molar-refractivity contribution in [3.63, 3.8) is 0 Å². The van der Waals surface area contributed by atoms with Gasteiger partial charge in [0.15, 0.2) is 5.69 Å². The van der Waals surface area contributed by atoms with Crippen LogP contribution in [0.3, 0.4) is 0 Å². The van der Waals surface area contributed by atoms with Crippen molar-refractivity contribution in [2.75, 3.05) is 0 Å². The summed E-state index contributed by atoms with van der Waals surface area (Å²) in [5.41, 5.74) is 0.00898. The molecule has 0 saturated carbocycles. The normalized spacial score (nSPS) is 12.0. The molecule has 0 radical (unpaired) electrons. The van der Waals surface area contributed by atoms with Gasteiger partial charge in [0, 0.05) is 6.07 Å². The van der Waals surface area contributed by atoms with E-state index in [1.165, 1.54) is 24.3 Å². The summed E-state index contributed by atoms with van der Waals surface area (Å²) in [6, 6.07) is 5.62. The van der Waals surface area contributed by atoms with Crippen LogP contribution in [0.1, 0.15) is 27.7 Å². The Bertz CT molecular complexity index is 478. The number of hydrogen-bond donors (Lipinski definition) is 0. The quantitative estimate of drug-likeness (QED) is 0.354. The summed E-state index contributed by atoms with van der Waals surface area (Å²) in [7, 11) is 0. The number of nitrogens with zero attached hydrogens (tertiary/aromatic N) is 4. The Balaban J connectivity index is 3.07. The number of nitro groups is 1. The molecule has 0 spiro atoms. The molecule has 19 heavy (non-hydrogen) atoms. The third-order valence-corrected chi connectivity index (χ3v) is 2.50. The molecule has 0 saturated heterocycles. The highest BCUT2D eigenvalue weighted by atomic mass is 16.6. The minimum absolute atomic E-state index is 0.0650. The van der Waals surface area contributed by atoms with Crippen LogP contribution < -0.4 is 0 Å². The molecule has 0 bridgehead atoms. The predicted octanol–water partition coefficient (Wildman–Crippen LogP) is 3.22. The summed E-state index contributed by atoms with van der Waals surface area (Å²) in [6.45, 7) is 7.69. The Labute approximate surface area is 111 Å². The van der Waals surface area contributed by atoms with Crippen molar-refractivity contribution in [3.05, 3.63) is 39.6 Å². The van der Waals surface area contributed by atoms with Crippen LogP contribution in [-0.4, -0.2) is 26.9 Å². The fourth-order valence-electron chi connectivity index (χ4n) is 1.67. The monoisotopic (exact) mass is 266 g/mol. The van der Waals surface area contributed by atoms with Crippen LogP contribution in [0.2, 0.25) is 0 Å². The highest BCUT2D eigenvalue weighted by Gasteiger charge is 2.19. The van der Waals surface area contributed by atoms with Crippen LogP contribution in [0.5, 0.6) is 0 Å². The molecule has 0 aromatic heterocycles. The zero-order chi connectivity index (χ0) is 14.6. The summed E-state index contributed by atoms with van der Waals surface area (Å²) in [6.07, 6.45) is 0. The SMILES string of the molecule is CC(C)N(N=[N+]([O-])c1cccc([N+](=O)[O-])c1)C(C)C. The van der Waals surface area contributed by atoms with E-state index in [0.29, 0.717) is 4.86 Å². The first-order chi connectivity index (χ1) is 8.82. The van der Waals surface area contributed by atoms with Crippen LogP contribution in [0.4, 0.5) is 11.4 Å². The summed E-state index contributed by atoms with van der Waals surface area (Å²) >= 11 is 0. The van der Waals surface area contributed by atoms with Gasteiger partial charge in [0.05, 0.1) is 16.2 Å². The Morgan fingerprint density at radius 3 is 2.11 bits per heavy atom. The van der Waals surface area contributed by atoms with Crippen LogP contribution >= 0.6 is 0 Å². The minimum Gasteiger partial charge on any atom is -0.691 e. The van der Waals surface area contributed by atoms with Crippen molar-refractivity contribution in [2.45, 2.75) is 39.8 Å². The molecule has 7 heteroatoms. The summed E-state index contributed by atoms with van der Waals surface area (Å²) in [4.78, 5) is 10.5. The highest BCUT2D eigenvalue weighted by molar-refractivity contribution is 5.42. The number of nitro benzene ring substituents is 1. The topological polar surface area (TPSA) is 84.8 Å². The molecule has 0 fully saturated rings. The van der Waals surface area contributed by atoms with E-state index in [1.807, 2.05) is 27.7 Å². The van der Waals surface area contributed by atoms with Gasteiger partial charge in [-0.05, 0) is 33.8 Å². The second-order valence-electron chi connectivity index (χ2n) is 4.71. The summed E-state index contributed by atoms with van der Waals surface area (Å²) in [5, 5.41) is 28.2. The maximum Gasteiger partial charge on any atom is 0.273 e. The van der Waals surface area contributed by atoms with Gasteiger partial charge in [-0.3, -0.25) is 10.1 Å². The highest BCUT2D eigenvalue weighted by Crippen LogP contribution is 2.20. The lowest BCUT2D eigenvalue weighted by atomic mass is 10.3. The van der Waals surface area contributed by atoms with Crippen LogP contribution in [0, 0.1) is 15.3 Å². The molecule has 0 amide bonds. The Morgan fingerprint density at radius 2 is 1.63 bits per heavy atom. The molecular formula is C12H18N4O3. The van der Waals surface area contributed by atoms with Gasteiger partial charge < -0.3 is 5.21 Å². The van der Waals surface area contributed by atoms with Crippen molar-refractivity contribution < 1.29 is 9.78 Å². The van der Waals surface area contributed by atoms with Gasteiger partial charge >= 0.3 is 0 Å². The number of non-ortho nitro benzene ring substituents is 1. The maximum atomic E-state index is 11.9. The third-order valence-electron chi connectivity index (χ3n) is 2.50. The molecule has 0 N–H and O–H groups in total. The first kappa shape index (κ1) is 14.9. The number of rotatable bonds is 5. The van der Waals surface area contributed by atoms with Gasteiger partial charge in [-0.25, -0.2) is 0 Å². The largest absolute Gasteiger partial charge is 0.691 e. The molecule has 104 valence electrons. The standard InChI is InChI=1S/C12H18N4O3/c1-9(2)14(10(3)4)13-15(17)11-6-5-7-12(8-11)16(18)19/h5-10H,1-4H3. The minimum atomic E-state index is -0.542. The van der Waals surface area contributed by atoms with E-state index in [0.717, 1.165) is 0 Å². The number of hydrogen-bond acceptors (Lipinski definition) is 4. The van der Waals surface area contributed by atoms with Gasteiger partial charge in [0.25, 0.3) is 5.69 Å². The second kappa shape index (κ2) is 6.12.